The first-order chi connectivity index (χ1) is 14.1. The van der Waals surface area contributed by atoms with Gasteiger partial charge < -0.3 is 14.7 Å². The summed E-state index contributed by atoms with van der Waals surface area (Å²) in [6.07, 6.45) is 2.70. The van der Waals surface area contributed by atoms with Crippen LogP contribution < -0.4 is 5.32 Å². The second-order valence-corrected chi connectivity index (χ2v) is 7.89. The lowest BCUT2D eigenvalue weighted by Crippen LogP contribution is -2.38. The van der Waals surface area contributed by atoms with Gasteiger partial charge in [0.15, 0.2) is 0 Å². The van der Waals surface area contributed by atoms with E-state index in [1.54, 1.807) is 0 Å². The second-order valence-electron chi connectivity index (χ2n) is 7.89. The van der Waals surface area contributed by atoms with Crippen LogP contribution in [0.1, 0.15) is 37.3 Å². The summed E-state index contributed by atoms with van der Waals surface area (Å²) >= 11 is 0. The predicted molar refractivity (Wildman–Crippen MR) is 112 cm³/mol. The zero-order valence-corrected chi connectivity index (χ0v) is 16.9. The van der Waals surface area contributed by atoms with E-state index in [2.05, 4.69) is 41.4 Å². The zero-order valence-electron chi connectivity index (χ0n) is 16.9. The van der Waals surface area contributed by atoms with Crippen molar-refractivity contribution in [1.82, 2.24) is 15.0 Å². The second kappa shape index (κ2) is 8.47. The third kappa shape index (κ3) is 4.65. The number of hydrogen-bond donors (Lipinski definition) is 1. The van der Waals surface area contributed by atoms with Crippen molar-refractivity contribution >= 4 is 11.7 Å². The average Bonchev–Trinajstić information content (AvgIpc) is 3.21. The number of anilines is 1. The molecule has 0 bridgehead atoms. The molecule has 2 heterocycles. The number of aryl methyl sites for hydroxylation is 1. The van der Waals surface area contributed by atoms with Crippen LogP contribution in [0, 0.1) is 5.92 Å². The maximum atomic E-state index is 12.6. The average molecular weight is 390 g/mol. The lowest BCUT2D eigenvalue weighted by molar-refractivity contribution is 0.206. The third-order valence-corrected chi connectivity index (χ3v) is 5.22. The number of benzene rings is 2. The van der Waals surface area contributed by atoms with E-state index < -0.39 is 0 Å². The summed E-state index contributed by atoms with van der Waals surface area (Å²) in [5.41, 5.74) is 4.17. The largest absolute Gasteiger partial charge is 0.339 e. The normalized spacial score (nSPS) is 13.4. The minimum atomic E-state index is -0.0808. The Labute approximate surface area is 170 Å². The molecule has 29 heavy (non-hydrogen) atoms. The molecule has 0 radical (unpaired) electrons. The molecule has 0 fully saturated rings. The van der Waals surface area contributed by atoms with Crippen molar-refractivity contribution in [2.75, 3.05) is 11.9 Å². The maximum absolute atomic E-state index is 12.6. The number of aromatic nitrogens is 2. The van der Waals surface area contributed by atoms with Gasteiger partial charge in [0.1, 0.15) is 0 Å². The number of nitrogens with zero attached hydrogens (tertiary/aromatic N) is 3. The van der Waals surface area contributed by atoms with Gasteiger partial charge in [-0.15, -0.1) is 0 Å². The van der Waals surface area contributed by atoms with Crippen molar-refractivity contribution in [2.45, 2.75) is 39.7 Å². The molecule has 0 spiro atoms. The van der Waals surface area contributed by atoms with E-state index in [9.17, 15) is 4.79 Å². The Balaban J connectivity index is 1.37. The minimum absolute atomic E-state index is 0.0808. The number of hydrogen-bond acceptors (Lipinski definition) is 4. The Bertz CT molecular complexity index is 979. The van der Waals surface area contributed by atoms with Crippen LogP contribution in [0.3, 0.4) is 0 Å². The number of nitrogens with one attached hydrogen (secondary N) is 1. The fraction of sp³-hybridized carbons (Fsp3) is 0.348. The molecule has 6 nitrogen and oxygen atoms in total. The number of fused-ring (bicyclic) bond motifs is 1. The number of carbonyl (C=O) groups excluding carboxylic acids is 1. The lowest BCUT2D eigenvalue weighted by Gasteiger charge is -2.29. The van der Waals surface area contributed by atoms with Crippen LogP contribution in [-0.2, 0) is 19.4 Å². The van der Waals surface area contributed by atoms with Crippen LogP contribution in [-0.4, -0.2) is 27.6 Å². The Hall–Kier alpha value is -3.15. The van der Waals surface area contributed by atoms with Gasteiger partial charge in [-0.2, -0.15) is 4.98 Å². The molecule has 6 heteroatoms. The van der Waals surface area contributed by atoms with Crippen molar-refractivity contribution in [2.24, 2.45) is 5.92 Å². The maximum Gasteiger partial charge on any atom is 0.322 e. The van der Waals surface area contributed by atoms with Gasteiger partial charge in [-0.1, -0.05) is 43.3 Å². The topological polar surface area (TPSA) is 71.3 Å². The highest BCUT2D eigenvalue weighted by Crippen LogP contribution is 2.22. The van der Waals surface area contributed by atoms with Crippen molar-refractivity contribution in [3.05, 3.63) is 65.5 Å². The summed E-state index contributed by atoms with van der Waals surface area (Å²) in [5, 5.41) is 7.05. The van der Waals surface area contributed by atoms with E-state index in [1.807, 2.05) is 41.3 Å². The molecular weight excluding hydrogens is 364 g/mol. The molecule has 0 saturated heterocycles. The summed E-state index contributed by atoms with van der Waals surface area (Å²) in [7, 11) is 0. The standard InChI is InChI=1S/C23H26N4O2/c1-16(2)7-12-21-25-22(26-29-21)18-8-10-20(11-9-18)24-23(28)27-14-13-17-5-3-4-6-19(17)15-27/h3-6,8-11,16H,7,12-15H2,1-2H3,(H,24,28). The highest BCUT2D eigenvalue weighted by Gasteiger charge is 2.20. The van der Waals surface area contributed by atoms with Gasteiger partial charge in [0.05, 0.1) is 0 Å². The van der Waals surface area contributed by atoms with Crippen LogP contribution in [0.5, 0.6) is 0 Å². The molecule has 4 rings (SSSR count). The Morgan fingerprint density at radius 3 is 2.66 bits per heavy atom. The summed E-state index contributed by atoms with van der Waals surface area (Å²) in [6, 6.07) is 15.8. The molecule has 3 aromatic rings. The van der Waals surface area contributed by atoms with Crippen molar-refractivity contribution < 1.29 is 9.32 Å². The lowest BCUT2D eigenvalue weighted by atomic mass is 10.0. The zero-order chi connectivity index (χ0) is 20.2. The highest BCUT2D eigenvalue weighted by molar-refractivity contribution is 5.89. The molecule has 0 saturated carbocycles. The van der Waals surface area contributed by atoms with Crippen LogP contribution >= 0.6 is 0 Å². The monoisotopic (exact) mass is 390 g/mol. The molecular formula is C23H26N4O2. The van der Waals surface area contributed by atoms with E-state index in [4.69, 9.17) is 4.52 Å². The molecule has 1 aliphatic heterocycles. The fourth-order valence-electron chi connectivity index (χ4n) is 3.46. The van der Waals surface area contributed by atoms with E-state index in [0.717, 1.165) is 37.1 Å². The van der Waals surface area contributed by atoms with E-state index in [0.29, 0.717) is 24.2 Å². The van der Waals surface area contributed by atoms with Gasteiger partial charge in [0.25, 0.3) is 0 Å². The first-order valence-corrected chi connectivity index (χ1v) is 10.1. The SMILES string of the molecule is CC(C)CCc1nc(-c2ccc(NC(=O)N3CCc4ccccc4C3)cc2)no1. The number of amides is 2. The third-order valence-electron chi connectivity index (χ3n) is 5.22. The summed E-state index contributed by atoms with van der Waals surface area (Å²) in [6.45, 7) is 5.71. The van der Waals surface area contributed by atoms with E-state index >= 15 is 0 Å². The van der Waals surface area contributed by atoms with Gasteiger partial charge in [-0.05, 0) is 54.2 Å². The molecule has 0 aliphatic carbocycles. The quantitative estimate of drug-likeness (QED) is 0.671. The van der Waals surface area contributed by atoms with Gasteiger partial charge in [0.2, 0.25) is 11.7 Å². The molecule has 0 unspecified atom stereocenters. The van der Waals surface area contributed by atoms with Crippen molar-refractivity contribution in [3.8, 4) is 11.4 Å². The molecule has 2 amide bonds. The number of urea groups is 1. The summed E-state index contributed by atoms with van der Waals surface area (Å²) < 4.78 is 5.33. The van der Waals surface area contributed by atoms with Crippen LogP contribution in [0.15, 0.2) is 53.1 Å². The molecule has 2 aromatic carbocycles. The van der Waals surface area contributed by atoms with Gasteiger partial charge in [0, 0.05) is 30.8 Å². The molecule has 1 N–H and O–H groups in total. The molecule has 1 aromatic heterocycles. The predicted octanol–water partition coefficient (Wildman–Crippen LogP) is 4.92. The molecule has 1 aliphatic rings. The first-order valence-electron chi connectivity index (χ1n) is 10.1. The smallest absolute Gasteiger partial charge is 0.322 e. The Kier molecular flexibility index (Phi) is 5.60. The molecule has 150 valence electrons. The molecule has 0 atom stereocenters. The van der Waals surface area contributed by atoms with Gasteiger partial charge >= 0.3 is 6.03 Å². The van der Waals surface area contributed by atoms with Crippen LogP contribution in [0.4, 0.5) is 10.5 Å². The number of rotatable bonds is 5. The summed E-state index contributed by atoms with van der Waals surface area (Å²) in [5.74, 6) is 1.84. The van der Waals surface area contributed by atoms with Gasteiger partial charge in [-0.25, -0.2) is 4.79 Å². The highest BCUT2D eigenvalue weighted by atomic mass is 16.5. The summed E-state index contributed by atoms with van der Waals surface area (Å²) in [4.78, 5) is 18.9. The van der Waals surface area contributed by atoms with E-state index in [1.165, 1.54) is 11.1 Å². The Morgan fingerprint density at radius 2 is 1.90 bits per heavy atom. The van der Waals surface area contributed by atoms with Gasteiger partial charge in [-0.3, -0.25) is 0 Å². The van der Waals surface area contributed by atoms with Crippen LogP contribution in [0.2, 0.25) is 0 Å². The van der Waals surface area contributed by atoms with Crippen molar-refractivity contribution in [3.63, 3.8) is 0 Å². The Morgan fingerprint density at radius 1 is 1.14 bits per heavy atom. The fourth-order valence-corrected chi connectivity index (χ4v) is 3.46. The van der Waals surface area contributed by atoms with Crippen LogP contribution in [0.25, 0.3) is 11.4 Å². The number of carbonyl (C=O) groups is 1. The first kappa shape index (κ1) is 19.2. The van der Waals surface area contributed by atoms with Crippen molar-refractivity contribution in [1.29, 1.82) is 0 Å². The minimum Gasteiger partial charge on any atom is -0.339 e. The van der Waals surface area contributed by atoms with E-state index in [-0.39, 0.29) is 6.03 Å².